The third-order valence-corrected chi connectivity index (χ3v) is 3.33. The highest BCUT2D eigenvalue weighted by atomic mass is 14.1. The van der Waals surface area contributed by atoms with E-state index in [0.717, 1.165) is 11.8 Å². The van der Waals surface area contributed by atoms with Gasteiger partial charge in [-0.15, -0.1) is 0 Å². The molecule has 17 heavy (non-hydrogen) atoms. The standard InChI is InChI=1S/C17H34/c1-5-6-7-8-9-10-11-12-13-14-17(4)15-16(2)3/h9-10,16-17H,5-8,11-15H2,1-4H3. The number of rotatable bonds is 11. The van der Waals surface area contributed by atoms with Crippen molar-refractivity contribution in [1.82, 2.24) is 0 Å². The van der Waals surface area contributed by atoms with E-state index in [2.05, 4.69) is 39.8 Å². The molecule has 0 amide bonds. The van der Waals surface area contributed by atoms with E-state index in [9.17, 15) is 0 Å². The fraction of sp³-hybridized carbons (Fsp3) is 0.882. The predicted molar refractivity (Wildman–Crippen MR) is 80.4 cm³/mol. The largest absolute Gasteiger partial charge is 0.0885 e. The van der Waals surface area contributed by atoms with Gasteiger partial charge >= 0.3 is 0 Å². The van der Waals surface area contributed by atoms with Crippen molar-refractivity contribution in [3.05, 3.63) is 12.2 Å². The first kappa shape index (κ1) is 16.7. The second-order valence-electron chi connectivity index (χ2n) is 5.99. The van der Waals surface area contributed by atoms with Crippen LogP contribution >= 0.6 is 0 Å². The molecule has 0 aliphatic rings. The smallest absolute Gasteiger partial charge is 0.0351 e. The number of allylic oxidation sites excluding steroid dienone is 2. The van der Waals surface area contributed by atoms with Crippen molar-refractivity contribution in [3.8, 4) is 0 Å². The fourth-order valence-corrected chi connectivity index (χ4v) is 2.43. The molecule has 0 heterocycles. The lowest BCUT2D eigenvalue weighted by atomic mass is 9.94. The average molecular weight is 238 g/mol. The van der Waals surface area contributed by atoms with Gasteiger partial charge in [-0.25, -0.2) is 0 Å². The molecule has 0 heteroatoms. The molecule has 0 radical (unpaired) electrons. The molecule has 0 aromatic rings. The van der Waals surface area contributed by atoms with Crippen LogP contribution in [0.2, 0.25) is 0 Å². The minimum atomic E-state index is 0.864. The Kier molecular flexibility index (Phi) is 12.0. The van der Waals surface area contributed by atoms with Crippen LogP contribution in [0.3, 0.4) is 0 Å². The van der Waals surface area contributed by atoms with Crippen LogP contribution in [-0.4, -0.2) is 0 Å². The van der Waals surface area contributed by atoms with Crippen molar-refractivity contribution in [2.24, 2.45) is 11.8 Å². The zero-order valence-electron chi connectivity index (χ0n) is 12.7. The van der Waals surface area contributed by atoms with Crippen molar-refractivity contribution >= 4 is 0 Å². The van der Waals surface area contributed by atoms with Crippen molar-refractivity contribution < 1.29 is 0 Å². The van der Waals surface area contributed by atoms with Crippen molar-refractivity contribution in [2.75, 3.05) is 0 Å². The molecule has 1 atom stereocenters. The first-order chi connectivity index (χ1) is 8.16. The maximum absolute atomic E-state index is 2.40. The Bertz CT molecular complexity index is 167. The minimum absolute atomic E-state index is 0.864. The van der Waals surface area contributed by atoms with Gasteiger partial charge in [-0.05, 0) is 43.9 Å². The summed E-state index contributed by atoms with van der Waals surface area (Å²) in [4.78, 5) is 0. The molecule has 102 valence electrons. The Hall–Kier alpha value is -0.260. The highest BCUT2D eigenvalue weighted by molar-refractivity contribution is 4.81. The molecule has 1 unspecified atom stereocenters. The van der Waals surface area contributed by atoms with Crippen LogP contribution in [0.1, 0.15) is 85.5 Å². The van der Waals surface area contributed by atoms with Gasteiger partial charge in [0.05, 0.1) is 0 Å². The summed E-state index contributed by atoms with van der Waals surface area (Å²) in [5, 5.41) is 0. The molecule has 0 rings (SSSR count). The lowest BCUT2D eigenvalue weighted by molar-refractivity contribution is 0.402. The van der Waals surface area contributed by atoms with E-state index in [1.165, 1.54) is 57.8 Å². The fourth-order valence-electron chi connectivity index (χ4n) is 2.43. The Morgan fingerprint density at radius 2 is 1.41 bits per heavy atom. The summed E-state index contributed by atoms with van der Waals surface area (Å²) in [5.41, 5.74) is 0. The lowest BCUT2D eigenvalue weighted by Gasteiger charge is -2.12. The molecule has 0 saturated heterocycles. The van der Waals surface area contributed by atoms with Crippen molar-refractivity contribution in [2.45, 2.75) is 85.5 Å². The summed E-state index contributed by atoms with van der Waals surface area (Å²) in [6, 6.07) is 0. The summed E-state index contributed by atoms with van der Waals surface area (Å²) in [6.07, 6.45) is 17.1. The van der Waals surface area contributed by atoms with Gasteiger partial charge in [0.25, 0.3) is 0 Å². The topological polar surface area (TPSA) is 0 Å². The van der Waals surface area contributed by atoms with Gasteiger partial charge in [0, 0.05) is 0 Å². The number of hydrogen-bond acceptors (Lipinski definition) is 0. The van der Waals surface area contributed by atoms with Crippen LogP contribution in [0.15, 0.2) is 12.2 Å². The van der Waals surface area contributed by atoms with Gasteiger partial charge in [-0.3, -0.25) is 0 Å². The summed E-state index contributed by atoms with van der Waals surface area (Å²) < 4.78 is 0. The average Bonchev–Trinajstić information content (AvgIpc) is 2.26. The Balaban J connectivity index is 3.22. The van der Waals surface area contributed by atoms with Crippen molar-refractivity contribution in [3.63, 3.8) is 0 Å². The minimum Gasteiger partial charge on any atom is -0.0885 e. The zero-order valence-corrected chi connectivity index (χ0v) is 12.7. The van der Waals surface area contributed by atoms with E-state index in [1.54, 1.807) is 0 Å². The number of hydrogen-bond donors (Lipinski definition) is 0. The van der Waals surface area contributed by atoms with E-state index in [0.29, 0.717) is 0 Å². The predicted octanol–water partition coefficient (Wildman–Crippen LogP) is 6.37. The molecule has 0 aromatic carbocycles. The summed E-state index contributed by atoms with van der Waals surface area (Å²) in [7, 11) is 0. The molecule has 0 nitrogen and oxygen atoms in total. The van der Waals surface area contributed by atoms with E-state index < -0.39 is 0 Å². The number of unbranched alkanes of at least 4 members (excludes halogenated alkanes) is 5. The molecule has 0 aromatic heterocycles. The van der Waals surface area contributed by atoms with Gasteiger partial charge in [-0.2, -0.15) is 0 Å². The van der Waals surface area contributed by atoms with Crippen LogP contribution < -0.4 is 0 Å². The Morgan fingerprint density at radius 1 is 0.824 bits per heavy atom. The molecule has 0 fully saturated rings. The monoisotopic (exact) mass is 238 g/mol. The zero-order chi connectivity index (χ0) is 12.9. The van der Waals surface area contributed by atoms with Gasteiger partial charge in [0.15, 0.2) is 0 Å². The molecule has 0 aliphatic carbocycles. The van der Waals surface area contributed by atoms with Gasteiger partial charge in [0.1, 0.15) is 0 Å². The van der Waals surface area contributed by atoms with Crippen LogP contribution in [0.25, 0.3) is 0 Å². The van der Waals surface area contributed by atoms with Gasteiger partial charge in [0.2, 0.25) is 0 Å². The summed E-state index contributed by atoms with van der Waals surface area (Å²) in [5.74, 6) is 1.78. The maximum atomic E-state index is 2.40. The molecular weight excluding hydrogens is 204 g/mol. The van der Waals surface area contributed by atoms with Crippen molar-refractivity contribution in [1.29, 1.82) is 0 Å². The highest BCUT2D eigenvalue weighted by Gasteiger charge is 2.03. The molecule has 0 saturated carbocycles. The molecule has 0 aliphatic heterocycles. The second kappa shape index (κ2) is 12.2. The van der Waals surface area contributed by atoms with Crippen LogP contribution in [0.4, 0.5) is 0 Å². The normalized spacial score (nSPS) is 13.7. The summed E-state index contributed by atoms with van der Waals surface area (Å²) >= 11 is 0. The van der Waals surface area contributed by atoms with Gasteiger partial charge < -0.3 is 0 Å². The quantitative estimate of drug-likeness (QED) is 0.290. The maximum Gasteiger partial charge on any atom is -0.0351 e. The third-order valence-electron chi connectivity index (χ3n) is 3.33. The summed E-state index contributed by atoms with van der Waals surface area (Å²) in [6.45, 7) is 9.33. The first-order valence-electron chi connectivity index (χ1n) is 7.81. The first-order valence-corrected chi connectivity index (χ1v) is 7.81. The van der Waals surface area contributed by atoms with Crippen LogP contribution in [-0.2, 0) is 0 Å². The van der Waals surface area contributed by atoms with Crippen LogP contribution in [0, 0.1) is 11.8 Å². The van der Waals surface area contributed by atoms with Gasteiger partial charge in [-0.1, -0.05) is 65.5 Å². The Labute approximate surface area is 110 Å². The van der Waals surface area contributed by atoms with E-state index >= 15 is 0 Å². The SMILES string of the molecule is CCCCCC=CCCCCC(C)CC(C)C. The lowest BCUT2D eigenvalue weighted by Crippen LogP contribution is -1.99. The molecule has 0 N–H and O–H groups in total. The van der Waals surface area contributed by atoms with E-state index in [4.69, 9.17) is 0 Å². The highest BCUT2D eigenvalue weighted by Crippen LogP contribution is 2.17. The van der Waals surface area contributed by atoms with Crippen LogP contribution in [0.5, 0.6) is 0 Å². The Morgan fingerprint density at radius 3 is 1.94 bits per heavy atom. The second-order valence-corrected chi connectivity index (χ2v) is 5.99. The molecular formula is C17H34. The van der Waals surface area contributed by atoms with E-state index in [-0.39, 0.29) is 0 Å². The molecule has 0 spiro atoms. The van der Waals surface area contributed by atoms with E-state index in [1.807, 2.05) is 0 Å². The third kappa shape index (κ3) is 13.7. The molecule has 0 bridgehead atoms.